The highest BCUT2D eigenvalue weighted by Gasteiger charge is 2.14. The van der Waals surface area contributed by atoms with Gasteiger partial charge in [0.2, 0.25) is 0 Å². The Balaban J connectivity index is 1.86. The third-order valence-corrected chi connectivity index (χ3v) is 3.69. The van der Waals surface area contributed by atoms with Crippen LogP contribution >= 0.6 is 11.6 Å². The van der Waals surface area contributed by atoms with Gasteiger partial charge in [0.15, 0.2) is 12.3 Å². The normalized spacial score (nSPS) is 12.1. The molecule has 130 valence electrons. The molecule has 0 aliphatic rings. The van der Waals surface area contributed by atoms with Gasteiger partial charge in [-0.05, 0) is 19.8 Å². The fraction of sp³-hybridized carbons (Fsp3) is 0.467. The standard InChI is InChI=1S/C15H19ClN4O4/c1-9(4-3-5-23-13(22)7-24-10(2)21)20-8-18-14-11(16)6-12(17)19-15(14)20/h6,8-9H,3-5,7H2,1-2H3,(H2,17,19). The van der Waals surface area contributed by atoms with Crippen molar-refractivity contribution in [3.05, 3.63) is 17.4 Å². The van der Waals surface area contributed by atoms with E-state index in [4.69, 9.17) is 22.1 Å². The van der Waals surface area contributed by atoms with Crippen molar-refractivity contribution in [1.29, 1.82) is 0 Å². The van der Waals surface area contributed by atoms with E-state index in [2.05, 4.69) is 14.7 Å². The summed E-state index contributed by atoms with van der Waals surface area (Å²) in [5.41, 5.74) is 6.95. The quantitative estimate of drug-likeness (QED) is 0.599. The third-order valence-electron chi connectivity index (χ3n) is 3.40. The van der Waals surface area contributed by atoms with Crippen LogP contribution in [-0.4, -0.2) is 39.7 Å². The fourth-order valence-corrected chi connectivity index (χ4v) is 2.46. The number of nitrogens with two attached hydrogens (primary N) is 1. The van der Waals surface area contributed by atoms with Crippen LogP contribution < -0.4 is 5.73 Å². The highest BCUT2D eigenvalue weighted by molar-refractivity contribution is 6.35. The van der Waals surface area contributed by atoms with E-state index >= 15 is 0 Å². The Morgan fingerprint density at radius 1 is 1.42 bits per heavy atom. The number of aromatic nitrogens is 3. The van der Waals surface area contributed by atoms with Gasteiger partial charge in [-0.25, -0.2) is 14.8 Å². The van der Waals surface area contributed by atoms with Gasteiger partial charge in [0.05, 0.1) is 18.0 Å². The van der Waals surface area contributed by atoms with E-state index in [0.29, 0.717) is 28.4 Å². The summed E-state index contributed by atoms with van der Waals surface area (Å²) in [6.45, 7) is 3.12. The number of carbonyl (C=O) groups excluding carboxylic acids is 2. The van der Waals surface area contributed by atoms with E-state index in [0.717, 1.165) is 6.42 Å². The highest BCUT2D eigenvalue weighted by atomic mass is 35.5. The molecular formula is C15H19ClN4O4. The lowest BCUT2D eigenvalue weighted by Crippen LogP contribution is -2.16. The Labute approximate surface area is 143 Å². The van der Waals surface area contributed by atoms with Crippen LogP contribution in [0.15, 0.2) is 12.4 Å². The number of fused-ring (bicyclic) bond motifs is 1. The molecule has 2 heterocycles. The number of hydrogen-bond acceptors (Lipinski definition) is 7. The van der Waals surface area contributed by atoms with Gasteiger partial charge in [0.1, 0.15) is 11.3 Å². The summed E-state index contributed by atoms with van der Waals surface area (Å²) in [5, 5.41) is 0.461. The highest BCUT2D eigenvalue weighted by Crippen LogP contribution is 2.26. The van der Waals surface area contributed by atoms with Crippen LogP contribution in [0.5, 0.6) is 0 Å². The van der Waals surface area contributed by atoms with Gasteiger partial charge in [0, 0.05) is 19.0 Å². The molecule has 0 saturated carbocycles. The summed E-state index contributed by atoms with van der Waals surface area (Å²) in [6, 6.07) is 1.64. The average molecular weight is 355 g/mol. The van der Waals surface area contributed by atoms with Crippen molar-refractivity contribution in [2.75, 3.05) is 18.9 Å². The smallest absolute Gasteiger partial charge is 0.344 e. The molecule has 1 atom stereocenters. The monoisotopic (exact) mass is 354 g/mol. The Kier molecular flexibility index (Phi) is 5.97. The lowest BCUT2D eigenvalue weighted by atomic mass is 10.2. The molecule has 1 unspecified atom stereocenters. The van der Waals surface area contributed by atoms with Crippen molar-refractivity contribution in [3.8, 4) is 0 Å². The van der Waals surface area contributed by atoms with Gasteiger partial charge in [0.25, 0.3) is 0 Å². The van der Waals surface area contributed by atoms with Crippen molar-refractivity contribution >= 4 is 40.5 Å². The molecular weight excluding hydrogens is 336 g/mol. The summed E-state index contributed by atoms with van der Waals surface area (Å²) in [5.74, 6) is -0.744. The number of anilines is 1. The molecule has 9 heteroatoms. The van der Waals surface area contributed by atoms with Gasteiger partial charge >= 0.3 is 11.9 Å². The lowest BCUT2D eigenvalue weighted by Gasteiger charge is -2.14. The molecule has 2 aromatic rings. The summed E-state index contributed by atoms with van der Waals surface area (Å²) in [6.07, 6.45) is 3.05. The van der Waals surface area contributed by atoms with Crippen molar-refractivity contribution in [1.82, 2.24) is 14.5 Å². The second kappa shape index (κ2) is 7.96. The predicted octanol–water partition coefficient (Wildman–Crippen LogP) is 2.11. The molecule has 2 rings (SSSR count). The first-order chi connectivity index (χ1) is 11.4. The zero-order chi connectivity index (χ0) is 17.7. The summed E-state index contributed by atoms with van der Waals surface area (Å²) < 4.78 is 11.4. The number of nitrogen functional groups attached to an aromatic ring is 1. The molecule has 0 radical (unpaired) electrons. The van der Waals surface area contributed by atoms with Crippen molar-refractivity contribution < 1.29 is 19.1 Å². The maximum Gasteiger partial charge on any atom is 0.344 e. The molecule has 0 bridgehead atoms. The number of nitrogens with zero attached hydrogens (tertiary/aromatic N) is 3. The first-order valence-corrected chi connectivity index (χ1v) is 7.83. The first kappa shape index (κ1) is 18.0. The van der Waals surface area contributed by atoms with Gasteiger partial charge in [-0.3, -0.25) is 4.79 Å². The van der Waals surface area contributed by atoms with Crippen molar-refractivity contribution in [3.63, 3.8) is 0 Å². The largest absolute Gasteiger partial charge is 0.463 e. The Morgan fingerprint density at radius 3 is 2.88 bits per heavy atom. The van der Waals surface area contributed by atoms with Crippen LogP contribution in [0.25, 0.3) is 11.2 Å². The lowest BCUT2D eigenvalue weighted by molar-refractivity contribution is -0.157. The minimum atomic E-state index is -0.563. The second-order valence-electron chi connectivity index (χ2n) is 5.34. The van der Waals surface area contributed by atoms with Gasteiger partial charge in [-0.1, -0.05) is 11.6 Å². The zero-order valence-corrected chi connectivity index (χ0v) is 14.2. The molecule has 8 nitrogen and oxygen atoms in total. The summed E-state index contributed by atoms with van der Waals surface area (Å²) >= 11 is 6.10. The minimum Gasteiger partial charge on any atom is -0.463 e. The van der Waals surface area contributed by atoms with E-state index in [1.165, 1.54) is 6.92 Å². The van der Waals surface area contributed by atoms with E-state index in [1.54, 1.807) is 12.4 Å². The summed E-state index contributed by atoms with van der Waals surface area (Å²) in [7, 11) is 0. The molecule has 0 saturated heterocycles. The Bertz CT molecular complexity index is 746. The van der Waals surface area contributed by atoms with Gasteiger partial charge < -0.3 is 19.8 Å². The average Bonchev–Trinajstić information content (AvgIpc) is 2.93. The zero-order valence-electron chi connectivity index (χ0n) is 13.5. The van der Waals surface area contributed by atoms with Gasteiger partial charge in [-0.15, -0.1) is 0 Å². The molecule has 0 aliphatic heterocycles. The van der Waals surface area contributed by atoms with Crippen LogP contribution in [-0.2, 0) is 19.1 Å². The summed E-state index contributed by atoms with van der Waals surface area (Å²) in [4.78, 5) is 30.4. The van der Waals surface area contributed by atoms with Gasteiger partial charge in [-0.2, -0.15) is 0 Å². The molecule has 0 fully saturated rings. The number of imidazole rings is 1. The van der Waals surface area contributed by atoms with Crippen molar-refractivity contribution in [2.45, 2.75) is 32.7 Å². The SMILES string of the molecule is CC(=O)OCC(=O)OCCCC(C)n1cnc2c(Cl)cc(N)nc21. The number of pyridine rings is 1. The van der Waals surface area contributed by atoms with Crippen LogP contribution in [0.2, 0.25) is 5.02 Å². The number of rotatable bonds is 7. The van der Waals surface area contributed by atoms with Crippen LogP contribution in [0.1, 0.15) is 32.7 Å². The maximum atomic E-state index is 11.3. The van der Waals surface area contributed by atoms with E-state index < -0.39 is 11.9 Å². The van der Waals surface area contributed by atoms with Crippen LogP contribution in [0, 0.1) is 0 Å². The molecule has 2 N–H and O–H groups in total. The second-order valence-corrected chi connectivity index (χ2v) is 5.75. The molecule has 2 aromatic heterocycles. The van der Waals surface area contributed by atoms with E-state index in [-0.39, 0.29) is 19.3 Å². The molecule has 0 aromatic carbocycles. The maximum absolute atomic E-state index is 11.3. The van der Waals surface area contributed by atoms with Crippen molar-refractivity contribution in [2.24, 2.45) is 0 Å². The van der Waals surface area contributed by atoms with E-state index in [9.17, 15) is 9.59 Å². The fourth-order valence-electron chi connectivity index (χ4n) is 2.22. The Hall–Kier alpha value is -2.35. The number of ether oxygens (including phenoxy) is 2. The Morgan fingerprint density at radius 2 is 2.17 bits per heavy atom. The minimum absolute atomic E-state index is 0.0764. The topological polar surface area (TPSA) is 109 Å². The number of carbonyl (C=O) groups is 2. The molecule has 0 spiro atoms. The van der Waals surface area contributed by atoms with E-state index in [1.807, 2.05) is 11.5 Å². The first-order valence-electron chi connectivity index (χ1n) is 7.46. The molecule has 0 amide bonds. The number of hydrogen-bond donors (Lipinski definition) is 1. The predicted molar refractivity (Wildman–Crippen MR) is 88.5 cm³/mol. The van der Waals surface area contributed by atoms with Crippen LogP contribution in [0.4, 0.5) is 5.82 Å². The number of esters is 2. The molecule has 0 aliphatic carbocycles. The third kappa shape index (κ3) is 4.58. The van der Waals surface area contributed by atoms with Crippen LogP contribution in [0.3, 0.4) is 0 Å². The number of halogens is 1. The molecule has 24 heavy (non-hydrogen) atoms.